The van der Waals surface area contributed by atoms with Crippen molar-refractivity contribution in [1.29, 1.82) is 0 Å². The van der Waals surface area contributed by atoms with Crippen LogP contribution in [0.2, 0.25) is 0 Å². The summed E-state index contributed by atoms with van der Waals surface area (Å²) in [6, 6.07) is 0. The van der Waals surface area contributed by atoms with E-state index < -0.39 is 6.10 Å². The standard InChI is InChI=1S/C59H104O5/c1-4-7-10-13-16-19-22-25-27-29-30-31-32-35-37-40-43-46-49-52-58(60)63-56-57(64-59(61)53-50-47-44-41-38-34-24-21-18-15-12-9-6-3)55-62-54-51-48-45-42-39-36-33-28-26-23-20-17-14-11-8-5-2/h7,10,16,19,25,27,30-31,35,37,43,46,57H,4-6,8-9,11-15,17-18,20-24,26,28-29,32-34,36,38-42,44-45,47-56H2,1-3H3/b10-7-,19-16-,27-25-,31-30-,37-35-,46-43-/t57-/m1/s1. The molecule has 0 saturated heterocycles. The highest BCUT2D eigenvalue weighted by atomic mass is 16.6. The van der Waals surface area contributed by atoms with E-state index in [-0.39, 0.29) is 25.2 Å². The maximum Gasteiger partial charge on any atom is 0.306 e. The number of hydrogen-bond donors (Lipinski definition) is 0. The summed E-state index contributed by atoms with van der Waals surface area (Å²) in [4.78, 5) is 25.4. The summed E-state index contributed by atoms with van der Waals surface area (Å²) in [5.41, 5.74) is 0. The molecule has 0 aromatic rings. The van der Waals surface area contributed by atoms with Crippen molar-refractivity contribution in [3.63, 3.8) is 0 Å². The third kappa shape index (κ3) is 52.0. The van der Waals surface area contributed by atoms with Gasteiger partial charge in [-0.25, -0.2) is 0 Å². The van der Waals surface area contributed by atoms with Gasteiger partial charge < -0.3 is 14.2 Å². The molecule has 0 radical (unpaired) electrons. The van der Waals surface area contributed by atoms with E-state index in [0.717, 1.165) is 64.2 Å². The van der Waals surface area contributed by atoms with Gasteiger partial charge in [0.2, 0.25) is 0 Å². The van der Waals surface area contributed by atoms with Crippen LogP contribution in [0.5, 0.6) is 0 Å². The molecule has 0 aliphatic heterocycles. The Morgan fingerprint density at radius 3 is 1.09 bits per heavy atom. The van der Waals surface area contributed by atoms with E-state index in [1.165, 1.54) is 161 Å². The molecule has 0 aliphatic rings. The van der Waals surface area contributed by atoms with Gasteiger partial charge >= 0.3 is 11.9 Å². The lowest BCUT2D eigenvalue weighted by molar-refractivity contribution is -0.162. The minimum Gasteiger partial charge on any atom is -0.462 e. The van der Waals surface area contributed by atoms with E-state index in [0.29, 0.717) is 25.9 Å². The van der Waals surface area contributed by atoms with E-state index in [1.54, 1.807) is 0 Å². The molecule has 1 atom stereocenters. The molecule has 5 heteroatoms. The van der Waals surface area contributed by atoms with Gasteiger partial charge in [-0.2, -0.15) is 0 Å². The van der Waals surface area contributed by atoms with E-state index in [2.05, 4.69) is 87.6 Å². The quantitative estimate of drug-likeness (QED) is 0.0346. The molecule has 370 valence electrons. The summed E-state index contributed by atoms with van der Waals surface area (Å²) in [5, 5.41) is 0. The molecule has 0 amide bonds. The molecule has 0 saturated carbocycles. The smallest absolute Gasteiger partial charge is 0.306 e. The molecular weight excluding hydrogens is 789 g/mol. The number of carbonyl (C=O) groups excluding carboxylic acids is 2. The van der Waals surface area contributed by atoms with Crippen molar-refractivity contribution in [2.75, 3.05) is 19.8 Å². The second-order valence-corrected chi connectivity index (χ2v) is 18.1. The van der Waals surface area contributed by atoms with Gasteiger partial charge in [0.25, 0.3) is 0 Å². The predicted octanol–water partition coefficient (Wildman–Crippen LogP) is 18.7. The highest BCUT2D eigenvalue weighted by Crippen LogP contribution is 2.16. The van der Waals surface area contributed by atoms with Crippen LogP contribution in [0.15, 0.2) is 72.9 Å². The van der Waals surface area contributed by atoms with Gasteiger partial charge in [0.1, 0.15) is 6.61 Å². The predicted molar refractivity (Wildman–Crippen MR) is 279 cm³/mol. The molecule has 0 aliphatic carbocycles. The maximum atomic E-state index is 12.8. The van der Waals surface area contributed by atoms with E-state index in [1.807, 2.05) is 6.08 Å². The third-order valence-corrected chi connectivity index (χ3v) is 11.8. The van der Waals surface area contributed by atoms with Gasteiger partial charge in [0, 0.05) is 19.4 Å². The normalized spacial score (nSPS) is 12.7. The van der Waals surface area contributed by atoms with Crippen molar-refractivity contribution >= 4 is 11.9 Å². The average Bonchev–Trinajstić information content (AvgIpc) is 3.30. The van der Waals surface area contributed by atoms with E-state index in [9.17, 15) is 9.59 Å². The van der Waals surface area contributed by atoms with Crippen LogP contribution in [0, 0.1) is 0 Å². The Morgan fingerprint density at radius 1 is 0.359 bits per heavy atom. The molecule has 0 unspecified atom stereocenters. The largest absolute Gasteiger partial charge is 0.462 e. The van der Waals surface area contributed by atoms with E-state index >= 15 is 0 Å². The molecule has 64 heavy (non-hydrogen) atoms. The lowest BCUT2D eigenvalue weighted by Crippen LogP contribution is -2.30. The lowest BCUT2D eigenvalue weighted by Gasteiger charge is -2.18. The van der Waals surface area contributed by atoms with Gasteiger partial charge in [0.05, 0.1) is 6.61 Å². The van der Waals surface area contributed by atoms with Crippen LogP contribution in [-0.2, 0) is 23.8 Å². The van der Waals surface area contributed by atoms with Gasteiger partial charge in [-0.05, 0) is 57.8 Å². The van der Waals surface area contributed by atoms with Crippen LogP contribution < -0.4 is 0 Å². The van der Waals surface area contributed by atoms with Gasteiger partial charge in [-0.1, -0.05) is 267 Å². The number of hydrogen-bond acceptors (Lipinski definition) is 5. The molecule has 0 aromatic heterocycles. The molecule has 0 spiro atoms. The highest BCUT2D eigenvalue weighted by Gasteiger charge is 2.17. The number of rotatable bonds is 50. The Bertz CT molecular complexity index is 1150. The van der Waals surface area contributed by atoms with Gasteiger partial charge in [0.15, 0.2) is 6.10 Å². The SMILES string of the molecule is CC/C=C\C/C=C\C/C=C\C/C=C\C/C=C\C/C=C\CCC(=O)OC[C@@H](COCCCCCCCCCCCCCCCCCC)OC(=O)CCCCCCCCCCCCCCC. The maximum absolute atomic E-state index is 12.8. The Hall–Kier alpha value is -2.66. The fourth-order valence-electron chi connectivity index (χ4n) is 7.71. The van der Waals surface area contributed by atoms with Crippen LogP contribution in [0.4, 0.5) is 0 Å². The molecule has 0 fully saturated rings. The molecule has 5 nitrogen and oxygen atoms in total. The summed E-state index contributed by atoms with van der Waals surface area (Å²) in [6.07, 6.45) is 70.7. The van der Waals surface area contributed by atoms with Crippen molar-refractivity contribution in [1.82, 2.24) is 0 Å². The first-order chi connectivity index (χ1) is 31.6. The Kier molecular flexibility index (Phi) is 52.4. The minimum atomic E-state index is -0.564. The molecule has 0 heterocycles. The zero-order valence-electron chi connectivity index (χ0n) is 42.5. The fraction of sp³-hybridized carbons (Fsp3) is 0.763. The summed E-state index contributed by atoms with van der Waals surface area (Å²) in [5.74, 6) is -0.483. The average molecular weight is 893 g/mol. The summed E-state index contributed by atoms with van der Waals surface area (Å²) >= 11 is 0. The number of unbranched alkanes of at least 4 members (excludes halogenated alkanes) is 27. The number of allylic oxidation sites excluding steroid dienone is 12. The summed E-state index contributed by atoms with van der Waals surface area (Å²) in [7, 11) is 0. The highest BCUT2D eigenvalue weighted by molar-refractivity contribution is 5.70. The zero-order valence-corrected chi connectivity index (χ0v) is 42.5. The first kappa shape index (κ1) is 61.3. The van der Waals surface area contributed by atoms with Crippen LogP contribution in [-0.4, -0.2) is 37.9 Å². The fourth-order valence-corrected chi connectivity index (χ4v) is 7.71. The number of carbonyl (C=O) groups is 2. The van der Waals surface area contributed by atoms with Crippen LogP contribution in [0.1, 0.15) is 265 Å². The van der Waals surface area contributed by atoms with Gasteiger partial charge in [-0.15, -0.1) is 0 Å². The first-order valence-electron chi connectivity index (χ1n) is 27.5. The molecule has 0 N–H and O–H groups in total. The molecule has 0 aromatic carbocycles. The van der Waals surface area contributed by atoms with Crippen molar-refractivity contribution in [3.8, 4) is 0 Å². The summed E-state index contributed by atoms with van der Waals surface area (Å²) < 4.78 is 17.4. The number of ether oxygens (including phenoxy) is 3. The second kappa shape index (κ2) is 54.7. The zero-order chi connectivity index (χ0) is 46.3. The second-order valence-electron chi connectivity index (χ2n) is 18.1. The van der Waals surface area contributed by atoms with Crippen molar-refractivity contribution < 1.29 is 23.8 Å². The molecule has 0 bridgehead atoms. The van der Waals surface area contributed by atoms with Crippen LogP contribution >= 0.6 is 0 Å². The lowest BCUT2D eigenvalue weighted by atomic mass is 10.0. The van der Waals surface area contributed by atoms with Crippen LogP contribution in [0.25, 0.3) is 0 Å². The summed E-state index contributed by atoms with van der Waals surface area (Å²) in [6.45, 7) is 7.67. The van der Waals surface area contributed by atoms with Gasteiger partial charge in [-0.3, -0.25) is 9.59 Å². The topological polar surface area (TPSA) is 61.8 Å². The third-order valence-electron chi connectivity index (χ3n) is 11.8. The Balaban J connectivity index is 4.35. The monoisotopic (exact) mass is 893 g/mol. The van der Waals surface area contributed by atoms with E-state index in [4.69, 9.17) is 14.2 Å². The Morgan fingerprint density at radius 2 is 0.703 bits per heavy atom. The van der Waals surface area contributed by atoms with Crippen molar-refractivity contribution in [3.05, 3.63) is 72.9 Å². The minimum absolute atomic E-state index is 0.0475. The van der Waals surface area contributed by atoms with Crippen LogP contribution in [0.3, 0.4) is 0 Å². The van der Waals surface area contributed by atoms with Crippen molar-refractivity contribution in [2.24, 2.45) is 0 Å². The first-order valence-corrected chi connectivity index (χ1v) is 27.5. The molecule has 0 rings (SSSR count). The number of esters is 2. The molecular formula is C59H104O5. The van der Waals surface area contributed by atoms with Crippen molar-refractivity contribution in [2.45, 2.75) is 271 Å². The Labute approximate surface area is 397 Å².